The van der Waals surface area contributed by atoms with E-state index in [4.69, 9.17) is 19.6 Å². The van der Waals surface area contributed by atoms with Crippen molar-refractivity contribution in [2.45, 2.75) is 53.4 Å². The van der Waals surface area contributed by atoms with E-state index >= 15 is 0 Å². The van der Waals surface area contributed by atoms with E-state index in [2.05, 4.69) is 15.3 Å². The summed E-state index contributed by atoms with van der Waals surface area (Å²) in [6.07, 6.45) is 0.992. The maximum Gasteiger partial charge on any atom is 0.408 e. The minimum Gasteiger partial charge on any atom is -0.485 e. The summed E-state index contributed by atoms with van der Waals surface area (Å²) in [6, 6.07) is 9.75. The molecule has 3 N–H and O–H groups in total. The van der Waals surface area contributed by atoms with E-state index < -0.39 is 11.7 Å². The van der Waals surface area contributed by atoms with Crippen LogP contribution in [0.3, 0.4) is 0 Å². The minimum atomic E-state index is -0.577. The molecule has 0 aliphatic rings. The van der Waals surface area contributed by atoms with Crippen LogP contribution in [-0.2, 0) is 22.6 Å². The molecule has 30 heavy (non-hydrogen) atoms. The number of amides is 1. The molecule has 1 amide bonds. The molecule has 0 spiro atoms. The lowest BCUT2D eigenvalue weighted by atomic mass is 10.2. The van der Waals surface area contributed by atoms with Crippen molar-refractivity contribution in [3.63, 3.8) is 0 Å². The molecule has 0 unspecified atom stereocenters. The quantitative estimate of drug-likeness (QED) is 0.500. The molecule has 162 valence electrons. The van der Waals surface area contributed by atoms with Gasteiger partial charge in [-0.25, -0.2) is 9.78 Å². The van der Waals surface area contributed by atoms with Crippen LogP contribution in [-0.4, -0.2) is 28.9 Å². The molecule has 1 aromatic heterocycles. The number of nitrogens with one attached hydrogen (secondary N) is 1. The second kappa shape index (κ2) is 10.5. The number of allylic oxidation sites excluding steroid dienone is 2. The number of rotatable bonds is 8. The van der Waals surface area contributed by atoms with Gasteiger partial charge in [-0.2, -0.15) is 0 Å². The largest absolute Gasteiger partial charge is 0.485 e. The number of carbonyl (C=O) groups excluding carboxylic acids is 1. The van der Waals surface area contributed by atoms with Crippen LogP contribution in [0.4, 0.5) is 4.79 Å². The van der Waals surface area contributed by atoms with Gasteiger partial charge in [0.2, 0.25) is 5.89 Å². The smallest absolute Gasteiger partial charge is 0.408 e. The molecule has 8 nitrogen and oxygen atoms in total. The van der Waals surface area contributed by atoms with Crippen LogP contribution < -0.4 is 11.1 Å². The van der Waals surface area contributed by atoms with Gasteiger partial charge in [-0.1, -0.05) is 30.3 Å². The molecule has 8 heteroatoms. The highest BCUT2D eigenvalue weighted by atomic mass is 16.6. The molecule has 0 aliphatic heterocycles. The van der Waals surface area contributed by atoms with Crippen LogP contribution in [0.5, 0.6) is 0 Å². The number of benzene rings is 1. The Balaban J connectivity index is 2.12. The fourth-order valence-corrected chi connectivity index (χ4v) is 2.47. The zero-order valence-corrected chi connectivity index (χ0v) is 18.2. The average molecular weight is 415 g/mol. The van der Waals surface area contributed by atoms with Crippen molar-refractivity contribution >= 4 is 11.8 Å². The molecular weight excluding hydrogens is 384 g/mol. The van der Waals surface area contributed by atoms with Gasteiger partial charge < -0.3 is 24.9 Å². The third-order valence-electron chi connectivity index (χ3n) is 3.68. The second-order valence-electron chi connectivity index (χ2n) is 7.60. The lowest BCUT2D eigenvalue weighted by Crippen LogP contribution is -2.32. The normalized spacial score (nSPS) is 12.9. The summed E-state index contributed by atoms with van der Waals surface area (Å²) in [5, 5.41) is 2.64. The fourth-order valence-electron chi connectivity index (χ4n) is 2.47. The van der Waals surface area contributed by atoms with Gasteiger partial charge in [0.25, 0.3) is 0 Å². The summed E-state index contributed by atoms with van der Waals surface area (Å²) in [4.78, 5) is 20.6. The van der Waals surface area contributed by atoms with Crippen molar-refractivity contribution in [2.24, 2.45) is 10.7 Å². The molecule has 1 heterocycles. The Morgan fingerprint density at radius 3 is 2.57 bits per heavy atom. The van der Waals surface area contributed by atoms with Gasteiger partial charge in [0, 0.05) is 6.54 Å². The summed E-state index contributed by atoms with van der Waals surface area (Å²) in [5.74, 6) is 1.14. The van der Waals surface area contributed by atoms with Gasteiger partial charge in [0.1, 0.15) is 18.0 Å². The SMILES string of the molecule is CCN=C(/C(OCc1ccccc1)=C(/C)N)c1ncc(CNC(=O)OC(C)(C)C)o1. The molecule has 0 aliphatic carbocycles. The van der Waals surface area contributed by atoms with Gasteiger partial charge in [0.15, 0.2) is 11.5 Å². The van der Waals surface area contributed by atoms with Crippen LogP contribution >= 0.6 is 0 Å². The van der Waals surface area contributed by atoms with Crippen LogP contribution in [0, 0.1) is 0 Å². The van der Waals surface area contributed by atoms with Gasteiger partial charge in [-0.15, -0.1) is 0 Å². The standard InChI is InChI=1S/C22H30N4O4/c1-6-24-18(19(15(2)23)28-14-16-10-8-7-9-11-16)20-25-12-17(29-20)13-26-21(27)30-22(3,4)5/h7-12H,6,13-14,23H2,1-5H3,(H,26,27)/b19-15+,24-18?. The lowest BCUT2D eigenvalue weighted by Gasteiger charge is -2.19. The maximum absolute atomic E-state index is 11.8. The highest BCUT2D eigenvalue weighted by Crippen LogP contribution is 2.17. The molecule has 0 saturated carbocycles. The predicted octanol–water partition coefficient (Wildman–Crippen LogP) is 3.92. The zero-order valence-electron chi connectivity index (χ0n) is 18.2. The van der Waals surface area contributed by atoms with Crippen molar-refractivity contribution in [1.82, 2.24) is 10.3 Å². The Kier molecular flexibility index (Phi) is 8.03. The molecule has 0 fully saturated rings. The monoisotopic (exact) mass is 414 g/mol. The van der Waals surface area contributed by atoms with E-state index in [0.29, 0.717) is 36.1 Å². The number of aromatic nitrogens is 1. The van der Waals surface area contributed by atoms with Gasteiger partial charge >= 0.3 is 6.09 Å². The first-order chi connectivity index (χ1) is 14.2. The molecule has 0 saturated heterocycles. The van der Waals surface area contributed by atoms with Crippen molar-refractivity contribution in [1.29, 1.82) is 0 Å². The number of aliphatic imine (C=N–C) groups is 1. The first-order valence-electron chi connectivity index (χ1n) is 9.79. The topological polar surface area (TPSA) is 112 Å². The Hall–Kier alpha value is -3.29. The van der Waals surface area contributed by atoms with Crippen LogP contribution in [0.25, 0.3) is 0 Å². The summed E-state index contributed by atoms with van der Waals surface area (Å²) >= 11 is 0. The Bertz CT molecular complexity index is 891. The summed E-state index contributed by atoms with van der Waals surface area (Å²) in [5.41, 5.74) is 7.38. The zero-order chi connectivity index (χ0) is 22.1. The van der Waals surface area contributed by atoms with Crippen LogP contribution in [0.1, 0.15) is 51.8 Å². The Morgan fingerprint density at radius 2 is 1.97 bits per heavy atom. The number of carbonyl (C=O) groups is 1. The number of hydrogen-bond donors (Lipinski definition) is 2. The molecule has 2 aromatic rings. The van der Waals surface area contributed by atoms with Crippen molar-refractivity contribution < 1.29 is 18.7 Å². The summed E-state index contributed by atoms with van der Waals surface area (Å²) < 4.78 is 17.0. The Labute approximate surface area is 177 Å². The molecule has 2 rings (SSSR count). The van der Waals surface area contributed by atoms with Crippen molar-refractivity contribution in [2.75, 3.05) is 6.54 Å². The number of ether oxygens (including phenoxy) is 2. The summed E-state index contributed by atoms with van der Waals surface area (Å²) in [6.45, 7) is 9.98. The number of oxazole rings is 1. The third kappa shape index (κ3) is 7.27. The molecule has 1 aromatic carbocycles. The number of hydrogen-bond acceptors (Lipinski definition) is 7. The maximum atomic E-state index is 11.8. The first-order valence-corrected chi connectivity index (χ1v) is 9.79. The highest BCUT2D eigenvalue weighted by molar-refractivity contribution is 6.08. The molecule has 0 bridgehead atoms. The van der Waals surface area contributed by atoms with E-state index in [0.717, 1.165) is 5.56 Å². The third-order valence-corrected chi connectivity index (χ3v) is 3.68. The average Bonchev–Trinajstić information content (AvgIpc) is 3.14. The molecule has 0 radical (unpaired) electrons. The van der Waals surface area contributed by atoms with E-state index in [1.807, 2.05) is 37.3 Å². The van der Waals surface area contributed by atoms with Crippen molar-refractivity contribution in [3.05, 3.63) is 65.2 Å². The minimum absolute atomic E-state index is 0.132. The van der Waals surface area contributed by atoms with Gasteiger partial charge in [-0.3, -0.25) is 4.99 Å². The molecular formula is C22H30N4O4. The lowest BCUT2D eigenvalue weighted by molar-refractivity contribution is 0.0520. The second-order valence-corrected chi connectivity index (χ2v) is 7.60. The van der Waals surface area contributed by atoms with Crippen molar-refractivity contribution in [3.8, 4) is 0 Å². The van der Waals surface area contributed by atoms with E-state index in [-0.39, 0.29) is 12.4 Å². The predicted molar refractivity (Wildman–Crippen MR) is 115 cm³/mol. The number of alkyl carbamates (subject to hydrolysis) is 1. The number of nitrogens with two attached hydrogens (primary N) is 1. The number of nitrogens with zero attached hydrogens (tertiary/aromatic N) is 2. The fraction of sp³-hybridized carbons (Fsp3) is 0.409. The van der Waals surface area contributed by atoms with Crippen LogP contribution in [0.2, 0.25) is 0 Å². The van der Waals surface area contributed by atoms with E-state index in [1.165, 1.54) is 6.20 Å². The highest BCUT2D eigenvalue weighted by Gasteiger charge is 2.21. The van der Waals surface area contributed by atoms with Gasteiger partial charge in [0.05, 0.1) is 18.4 Å². The van der Waals surface area contributed by atoms with E-state index in [1.54, 1.807) is 27.7 Å². The van der Waals surface area contributed by atoms with Crippen LogP contribution in [0.15, 0.2) is 57.4 Å². The van der Waals surface area contributed by atoms with E-state index in [9.17, 15) is 4.79 Å². The Morgan fingerprint density at radius 1 is 1.27 bits per heavy atom. The van der Waals surface area contributed by atoms with Gasteiger partial charge in [-0.05, 0) is 40.2 Å². The first kappa shape index (κ1) is 23.0. The molecule has 0 atom stereocenters. The summed E-state index contributed by atoms with van der Waals surface area (Å²) in [7, 11) is 0.